The summed E-state index contributed by atoms with van der Waals surface area (Å²) in [5.74, 6) is -0.115. The summed E-state index contributed by atoms with van der Waals surface area (Å²) in [7, 11) is 0. The zero-order valence-corrected chi connectivity index (χ0v) is 9.22. The molecule has 4 nitrogen and oxygen atoms in total. The van der Waals surface area contributed by atoms with E-state index in [9.17, 15) is 4.79 Å². The van der Waals surface area contributed by atoms with Gasteiger partial charge in [0, 0.05) is 6.54 Å². The van der Waals surface area contributed by atoms with E-state index in [2.05, 4.69) is 5.32 Å². The number of rotatable bonds is 3. The number of ether oxygens (including phenoxy) is 1. The highest BCUT2D eigenvalue weighted by molar-refractivity contribution is 5.84. The van der Waals surface area contributed by atoms with E-state index in [4.69, 9.17) is 10.5 Å². The van der Waals surface area contributed by atoms with Crippen molar-refractivity contribution in [1.29, 1.82) is 0 Å². The highest BCUT2D eigenvalue weighted by Crippen LogP contribution is 2.20. The molecule has 0 aliphatic carbocycles. The van der Waals surface area contributed by atoms with Crippen molar-refractivity contribution < 1.29 is 9.53 Å². The summed E-state index contributed by atoms with van der Waals surface area (Å²) >= 11 is 0. The molecule has 3 N–H and O–H groups in total. The topological polar surface area (TPSA) is 64.3 Å². The summed E-state index contributed by atoms with van der Waals surface area (Å²) in [5.41, 5.74) is 6.84. The first-order valence-corrected chi connectivity index (χ1v) is 5.42. The lowest BCUT2D eigenvalue weighted by molar-refractivity contribution is -0.132. The molecule has 2 rings (SSSR count). The fourth-order valence-electron chi connectivity index (χ4n) is 1.81. The third-order valence-electron chi connectivity index (χ3n) is 2.78. The van der Waals surface area contributed by atoms with Crippen molar-refractivity contribution in [3.8, 4) is 0 Å². The fourth-order valence-corrected chi connectivity index (χ4v) is 1.81. The van der Waals surface area contributed by atoms with Crippen LogP contribution in [0.25, 0.3) is 0 Å². The van der Waals surface area contributed by atoms with Gasteiger partial charge in [-0.25, -0.2) is 0 Å². The maximum atomic E-state index is 11.4. The van der Waals surface area contributed by atoms with Crippen LogP contribution in [0, 0.1) is 0 Å². The SMILES string of the molecule is CC(OC1C(=O)NCC1N)c1ccccc1. The highest BCUT2D eigenvalue weighted by Gasteiger charge is 2.34. The Bertz CT molecular complexity index is 367. The van der Waals surface area contributed by atoms with E-state index >= 15 is 0 Å². The van der Waals surface area contributed by atoms with Crippen LogP contribution in [0.5, 0.6) is 0 Å². The Labute approximate surface area is 94.8 Å². The largest absolute Gasteiger partial charge is 0.359 e. The van der Waals surface area contributed by atoms with Gasteiger partial charge in [0.05, 0.1) is 12.1 Å². The summed E-state index contributed by atoms with van der Waals surface area (Å²) in [6.45, 7) is 2.42. The number of nitrogens with one attached hydrogen (secondary N) is 1. The van der Waals surface area contributed by atoms with Gasteiger partial charge in [-0.3, -0.25) is 4.79 Å². The number of carbonyl (C=O) groups excluding carboxylic acids is 1. The van der Waals surface area contributed by atoms with Gasteiger partial charge in [0.15, 0.2) is 6.10 Å². The van der Waals surface area contributed by atoms with Gasteiger partial charge in [0.2, 0.25) is 0 Å². The Morgan fingerprint density at radius 2 is 2.12 bits per heavy atom. The van der Waals surface area contributed by atoms with Gasteiger partial charge in [-0.2, -0.15) is 0 Å². The van der Waals surface area contributed by atoms with Crippen LogP contribution in [0.3, 0.4) is 0 Å². The van der Waals surface area contributed by atoms with Crippen LogP contribution in [0.15, 0.2) is 30.3 Å². The molecular formula is C12H16N2O2. The Balaban J connectivity index is 2.02. The maximum Gasteiger partial charge on any atom is 0.250 e. The first-order valence-electron chi connectivity index (χ1n) is 5.42. The molecule has 1 aromatic carbocycles. The van der Waals surface area contributed by atoms with Gasteiger partial charge in [0.25, 0.3) is 5.91 Å². The number of hydrogen-bond acceptors (Lipinski definition) is 3. The molecule has 1 saturated heterocycles. The van der Waals surface area contributed by atoms with Gasteiger partial charge in [-0.1, -0.05) is 30.3 Å². The second kappa shape index (κ2) is 4.63. The van der Waals surface area contributed by atoms with Crippen LogP contribution < -0.4 is 11.1 Å². The molecule has 16 heavy (non-hydrogen) atoms. The Morgan fingerprint density at radius 3 is 2.69 bits per heavy atom. The monoisotopic (exact) mass is 220 g/mol. The summed E-state index contributed by atoms with van der Waals surface area (Å²) in [4.78, 5) is 11.4. The van der Waals surface area contributed by atoms with Crippen LogP contribution in [-0.4, -0.2) is 24.6 Å². The molecule has 1 aliphatic rings. The van der Waals surface area contributed by atoms with Gasteiger partial charge >= 0.3 is 0 Å². The molecule has 1 heterocycles. The van der Waals surface area contributed by atoms with E-state index in [-0.39, 0.29) is 18.1 Å². The first kappa shape index (κ1) is 11.1. The van der Waals surface area contributed by atoms with Crippen molar-refractivity contribution in [2.75, 3.05) is 6.54 Å². The lowest BCUT2D eigenvalue weighted by Gasteiger charge is -2.19. The zero-order valence-electron chi connectivity index (χ0n) is 9.22. The summed E-state index contributed by atoms with van der Waals surface area (Å²) < 4.78 is 5.68. The Kier molecular flexibility index (Phi) is 3.22. The molecule has 0 aromatic heterocycles. The number of carbonyl (C=O) groups is 1. The molecular weight excluding hydrogens is 204 g/mol. The van der Waals surface area contributed by atoms with Crippen LogP contribution in [0.1, 0.15) is 18.6 Å². The van der Waals surface area contributed by atoms with Crippen molar-refractivity contribution in [2.45, 2.75) is 25.2 Å². The minimum Gasteiger partial charge on any atom is -0.359 e. The predicted molar refractivity (Wildman–Crippen MR) is 60.7 cm³/mol. The molecule has 1 aliphatic heterocycles. The van der Waals surface area contributed by atoms with Crippen molar-refractivity contribution >= 4 is 5.91 Å². The minimum atomic E-state index is -0.532. The van der Waals surface area contributed by atoms with Crippen LogP contribution in [0.4, 0.5) is 0 Å². The van der Waals surface area contributed by atoms with E-state index in [1.807, 2.05) is 37.3 Å². The molecule has 1 aromatic rings. The number of hydrogen-bond donors (Lipinski definition) is 2. The molecule has 0 radical (unpaired) electrons. The summed E-state index contributed by atoms with van der Waals surface area (Å²) in [6, 6.07) is 9.54. The molecule has 1 amide bonds. The Morgan fingerprint density at radius 1 is 1.44 bits per heavy atom. The smallest absolute Gasteiger partial charge is 0.250 e. The highest BCUT2D eigenvalue weighted by atomic mass is 16.5. The molecule has 3 atom stereocenters. The van der Waals surface area contributed by atoms with E-state index in [1.54, 1.807) is 0 Å². The number of amides is 1. The normalized spacial score (nSPS) is 26.5. The zero-order chi connectivity index (χ0) is 11.5. The van der Waals surface area contributed by atoms with E-state index in [1.165, 1.54) is 0 Å². The van der Waals surface area contributed by atoms with Gasteiger partial charge in [0.1, 0.15) is 0 Å². The van der Waals surface area contributed by atoms with Crippen molar-refractivity contribution in [1.82, 2.24) is 5.32 Å². The number of nitrogens with two attached hydrogens (primary N) is 1. The molecule has 0 bridgehead atoms. The predicted octanol–water partition coefficient (Wildman–Crippen LogP) is 0.590. The Hall–Kier alpha value is -1.39. The average Bonchev–Trinajstić information content (AvgIpc) is 2.62. The second-order valence-corrected chi connectivity index (χ2v) is 4.02. The third-order valence-corrected chi connectivity index (χ3v) is 2.78. The van der Waals surface area contributed by atoms with Gasteiger partial charge in [-0.15, -0.1) is 0 Å². The molecule has 0 saturated carbocycles. The lowest BCUT2D eigenvalue weighted by Crippen LogP contribution is -2.37. The van der Waals surface area contributed by atoms with Crippen LogP contribution in [-0.2, 0) is 9.53 Å². The molecule has 4 heteroatoms. The molecule has 3 unspecified atom stereocenters. The fraction of sp³-hybridized carbons (Fsp3) is 0.417. The first-order chi connectivity index (χ1) is 7.68. The number of benzene rings is 1. The molecule has 1 fully saturated rings. The maximum absolute atomic E-state index is 11.4. The van der Waals surface area contributed by atoms with E-state index in [0.717, 1.165) is 5.56 Å². The minimum absolute atomic E-state index is 0.115. The summed E-state index contributed by atoms with van der Waals surface area (Å²) in [6.07, 6.45) is -0.656. The van der Waals surface area contributed by atoms with Crippen LogP contribution in [0.2, 0.25) is 0 Å². The average molecular weight is 220 g/mol. The lowest BCUT2D eigenvalue weighted by atomic mass is 10.1. The van der Waals surface area contributed by atoms with Crippen molar-refractivity contribution in [3.63, 3.8) is 0 Å². The van der Waals surface area contributed by atoms with Gasteiger partial charge < -0.3 is 15.8 Å². The molecule has 86 valence electrons. The van der Waals surface area contributed by atoms with Gasteiger partial charge in [-0.05, 0) is 12.5 Å². The second-order valence-electron chi connectivity index (χ2n) is 4.02. The summed E-state index contributed by atoms with van der Waals surface area (Å²) in [5, 5.41) is 2.69. The third kappa shape index (κ3) is 2.23. The van der Waals surface area contributed by atoms with E-state index in [0.29, 0.717) is 6.54 Å². The standard InChI is InChI=1S/C12H16N2O2/c1-8(9-5-3-2-4-6-9)16-11-10(13)7-14-12(11)15/h2-6,8,10-11H,7,13H2,1H3,(H,14,15). The van der Waals surface area contributed by atoms with E-state index < -0.39 is 6.10 Å². The quantitative estimate of drug-likeness (QED) is 0.783. The van der Waals surface area contributed by atoms with Crippen molar-refractivity contribution in [2.24, 2.45) is 5.73 Å². The molecule has 0 spiro atoms. The van der Waals surface area contributed by atoms with Crippen molar-refractivity contribution in [3.05, 3.63) is 35.9 Å². The van der Waals surface area contributed by atoms with Crippen LogP contribution >= 0.6 is 0 Å².